The number of para-hydroxylation sites is 1. The van der Waals surface area contributed by atoms with Gasteiger partial charge in [0.25, 0.3) is 5.91 Å². The van der Waals surface area contributed by atoms with Crippen LogP contribution in [0, 0.1) is 0 Å². The third-order valence-corrected chi connectivity index (χ3v) is 4.11. The lowest BCUT2D eigenvalue weighted by Gasteiger charge is -2.24. The molecule has 2 aromatic rings. The number of hydrogen-bond donors (Lipinski definition) is 1. The Morgan fingerprint density at radius 3 is 2.71 bits per heavy atom. The molecule has 0 aliphatic carbocycles. The van der Waals surface area contributed by atoms with Crippen molar-refractivity contribution in [2.45, 2.75) is 26.2 Å². The third-order valence-electron chi connectivity index (χ3n) is 3.43. The Hall–Kier alpha value is -1.81. The van der Waals surface area contributed by atoms with Gasteiger partial charge in [-0.25, -0.2) is 0 Å². The lowest BCUT2D eigenvalue weighted by atomic mass is 9.86. The molecule has 0 saturated heterocycles. The molecule has 112 valence electrons. The lowest BCUT2D eigenvalue weighted by Crippen LogP contribution is -2.36. The van der Waals surface area contributed by atoms with E-state index in [0.717, 1.165) is 0 Å². The Bertz CT molecular complexity index is 591. The molecular weight excluding hydrogens is 282 g/mol. The van der Waals surface area contributed by atoms with E-state index >= 15 is 0 Å². The van der Waals surface area contributed by atoms with E-state index in [4.69, 9.17) is 4.74 Å². The first-order chi connectivity index (χ1) is 10.0. The number of amides is 1. The van der Waals surface area contributed by atoms with Crippen molar-refractivity contribution in [1.29, 1.82) is 0 Å². The van der Waals surface area contributed by atoms with Gasteiger partial charge in [0.1, 0.15) is 5.75 Å². The molecule has 0 aliphatic rings. The molecule has 1 amide bonds. The zero-order valence-electron chi connectivity index (χ0n) is 12.7. The average Bonchev–Trinajstić information content (AvgIpc) is 3.01. The predicted molar refractivity (Wildman–Crippen MR) is 87.3 cm³/mol. The highest BCUT2D eigenvalue weighted by molar-refractivity contribution is 7.08. The van der Waals surface area contributed by atoms with Gasteiger partial charge in [0.2, 0.25) is 0 Å². The molecule has 0 fully saturated rings. The summed E-state index contributed by atoms with van der Waals surface area (Å²) in [5.74, 6) is 0.535. The molecule has 1 aromatic carbocycles. The molecule has 0 saturated carbocycles. The summed E-state index contributed by atoms with van der Waals surface area (Å²) in [7, 11) is 0. The minimum absolute atomic E-state index is 0.0871. The Balaban J connectivity index is 2.05. The minimum Gasteiger partial charge on any atom is -0.493 e. The van der Waals surface area contributed by atoms with E-state index < -0.39 is 0 Å². The van der Waals surface area contributed by atoms with Crippen LogP contribution in [0.1, 0.15) is 36.7 Å². The van der Waals surface area contributed by atoms with E-state index in [1.54, 1.807) is 17.4 Å². The van der Waals surface area contributed by atoms with E-state index in [9.17, 15) is 4.79 Å². The normalized spacial score (nSPS) is 11.2. The van der Waals surface area contributed by atoms with Gasteiger partial charge in [-0.3, -0.25) is 4.79 Å². The van der Waals surface area contributed by atoms with Gasteiger partial charge in [0, 0.05) is 12.0 Å². The molecule has 1 heterocycles. The third kappa shape index (κ3) is 3.85. The quantitative estimate of drug-likeness (QED) is 0.880. The van der Waals surface area contributed by atoms with Crippen molar-refractivity contribution in [2.75, 3.05) is 13.2 Å². The molecule has 0 radical (unpaired) electrons. The summed E-state index contributed by atoms with van der Waals surface area (Å²) in [6, 6.07) is 9.43. The molecule has 3 nitrogen and oxygen atoms in total. The summed E-state index contributed by atoms with van der Waals surface area (Å²) < 4.78 is 5.50. The SMILES string of the molecule is CCOc1ccccc1C(=O)NCC(C)(C)c1ccsc1. The largest absolute Gasteiger partial charge is 0.493 e. The molecule has 0 spiro atoms. The van der Waals surface area contributed by atoms with E-state index in [1.165, 1.54) is 5.56 Å². The van der Waals surface area contributed by atoms with Crippen LogP contribution in [0.5, 0.6) is 5.75 Å². The predicted octanol–water partition coefficient (Wildman–Crippen LogP) is 3.85. The maximum Gasteiger partial charge on any atom is 0.255 e. The van der Waals surface area contributed by atoms with Crippen molar-refractivity contribution in [3.05, 3.63) is 52.2 Å². The maximum absolute atomic E-state index is 12.4. The van der Waals surface area contributed by atoms with Crippen LogP contribution in [0.3, 0.4) is 0 Å². The van der Waals surface area contributed by atoms with Gasteiger partial charge in [-0.2, -0.15) is 11.3 Å². The summed E-state index contributed by atoms with van der Waals surface area (Å²) >= 11 is 1.67. The number of benzene rings is 1. The lowest BCUT2D eigenvalue weighted by molar-refractivity contribution is 0.0942. The minimum atomic E-state index is -0.0950. The number of carbonyl (C=O) groups is 1. The molecule has 1 aromatic heterocycles. The zero-order chi connectivity index (χ0) is 15.3. The Morgan fingerprint density at radius 2 is 2.05 bits per heavy atom. The number of nitrogens with one attached hydrogen (secondary N) is 1. The smallest absolute Gasteiger partial charge is 0.255 e. The Morgan fingerprint density at radius 1 is 1.29 bits per heavy atom. The second kappa shape index (κ2) is 6.76. The van der Waals surface area contributed by atoms with Crippen molar-refractivity contribution in [3.63, 3.8) is 0 Å². The first-order valence-corrected chi connectivity index (χ1v) is 8.01. The topological polar surface area (TPSA) is 38.3 Å². The monoisotopic (exact) mass is 303 g/mol. The van der Waals surface area contributed by atoms with Crippen LogP contribution in [-0.4, -0.2) is 19.1 Å². The van der Waals surface area contributed by atoms with Gasteiger partial charge in [-0.15, -0.1) is 0 Å². The molecule has 0 atom stereocenters. The van der Waals surface area contributed by atoms with E-state index in [-0.39, 0.29) is 11.3 Å². The number of carbonyl (C=O) groups excluding carboxylic acids is 1. The summed E-state index contributed by atoms with van der Waals surface area (Å²) in [5, 5.41) is 7.20. The molecule has 0 aliphatic heterocycles. The van der Waals surface area contributed by atoms with Crippen LogP contribution < -0.4 is 10.1 Å². The highest BCUT2D eigenvalue weighted by atomic mass is 32.1. The Labute approximate surface area is 130 Å². The van der Waals surface area contributed by atoms with E-state index in [2.05, 4.69) is 36.0 Å². The fourth-order valence-corrected chi connectivity index (χ4v) is 2.93. The number of thiophene rings is 1. The first-order valence-electron chi connectivity index (χ1n) is 7.07. The molecule has 21 heavy (non-hydrogen) atoms. The second-order valence-corrected chi connectivity index (χ2v) is 6.29. The molecule has 0 unspecified atom stereocenters. The van der Waals surface area contributed by atoms with Crippen LogP contribution in [0.25, 0.3) is 0 Å². The first kappa shape index (κ1) is 15.6. The van der Waals surface area contributed by atoms with Crippen molar-refractivity contribution in [2.24, 2.45) is 0 Å². The second-order valence-electron chi connectivity index (χ2n) is 5.51. The van der Waals surface area contributed by atoms with E-state index in [0.29, 0.717) is 24.5 Å². The summed E-state index contributed by atoms with van der Waals surface area (Å²) in [6.07, 6.45) is 0. The van der Waals surface area contributed by atoms with Crippen LogP contribution in [0.15, 0.2) is 41.1 Å². The van der Waals surface area contributed by atoms with Crippen molar-refractivity contribution in [1.82, 2.24) is 5.32 Å². The Kier molecular flexibility index (Phi) is 5.02. The zero-order valence-corrected chi connectivity index (χ0v) is 13.5. The van der Waals surface area contributed by atoms with Crippen LogP contribution in [-0.2, 0) is 5.41 Å². The van der Waals surface area contributed by atoms with Gasteiger partial charge in [0.05, 0.1) is 12.2 Å². The van der Waals surface area contributed by atoms with E-state index in [1.807, 2.05) is 25.1 Å². The standard InChI is InChI=1S/C17H21NO2S/c1-4-20-15-8-6-5-7-14(15)16(19)18-12-17(2,3)13-9-10-21-11-13/h5-11H,4,12H2,1-3H3,(H,18,19). The fraction of sp³-hybridized carbons (Fsp3) is 0.353. The van der Waals surface area contributed by atoms with Gasteiger partial charge >= 0.3 is 0 Å². The van der Waals surface area contributed by atoms with Gasteiger partial charge in [0.15, 0.2) is 0 Å². The fourth-order valence-electron chi connectivity index (χ4n) is 2.08. The summed E-state index contributed by atoms with van der Waals surface area (Å²) in [6.45, 7) is 7.30. The van der Waals surface area contributed by atoms with Gasteiger partial charge in [-0.05, 0) is 41.4 Å². The van der Waals surface area contributed by atoms with Crippen LogP contribution >= 0.6 is 11.3 Å². The maximum atomic E-state index is 12.4. The number of hydrogen-bond acceptors (Lipinski definition) is 3. The highest BCUT2D eigenvalue weighted by Crippen LogP contribution is 2.25. The van der Waals surface area contributed by atoms with Gasteiger partial charge in [-0.1, -0.05) is 26.0 Å². The highest BCUT2D eigenvalue weighted by Gasteiger charge is 2.22. The molecule has 2 rings (SSSR count). The molecular formula is C17H21NO2S. The van der Waals surface area contributed by atoms with Crippen molar-refractivity contribution < 1.29 is 9.53 Å². The average molecular weight is 303 g/mol. The summed E-state index contributed by atoms with van der Waals surface area (Å²) in [4.78, 5) is 12.4. The number of rotatable bonds is 6. The van der Waals surface area contributed by atoms with Gasteiger partial charge < -0.3 is 10.1 Å². The van der Waals surface area contributed by atoms with Crippen LogP contribution in [0.4, 0.5) is 0 Å². The molecule has 4 heteroatoms. The summed E-state index contributed by atoms with van der Waals surface area (Å²) in [5.41, 5.74) is 1.74. The molecule has 1 N–H and O–H groups in total. The van der Waals surface area contributed by atoms with Crippen molar-refractivity contribution >= 4 is 17.2 Å². The van der Waals surface area contributed by atoms with Crippen LogP contribution in [0.2, 0.25) is 0 Å². The number of ether oxygens (including phenoxy) is 1. The molecule has 0 bridgehead atoms. The van der Waals surface area contributed by atoms with Crippen molar-refractivity contribution in [3.8, 4) is 5.75 Å².